The molecule has 120 valence electrons. The summed E-state index contributed by atoms with van der Waals surface area (Å²) in [5, 5.41) is 9.28. The first-order valence-corrected chi connectivity index (χ1v) is 9.21. The maximum atomic E-state index is 12.9. The molecule has 1 aromatic carbocycles. The molecule has 2 aliphatic rings. The topological polar surface area (TPSA) is 74.7 Å². The van der Waals surface area contributed by atoms with E-state index >= 15 is 0 Å². The quantitative estimate of drug-likeness (QED) is 0.920. The van der Waals surface area contributed by atoms with Gasteiger partial charge in [0.2, 0.25) is 10.0 Å². The number of nitrogens with zero attached hydrogens (tertiary/aromatic N) is 1. The van der Waals surface area contributed by atoms with E-state index in [-0.39, 0.29) is 17.8 Å². The second-order valence-corrected chi connectivity index (χ2v) is 8.31. The van der Waals surface area contributed by atoms with Crippen molar-refractivity contribution < 1.29 is 18.3 Å². The van der Waals surface area contributed by atoms with Gasteiger partial charge >= 0.3 is 5.97 Å². The summed E-state index contributed by atoms with van der Waals surface area (Å²) < 4.78 is 27.2. The van der Waals surface area contributed by atoms with Crippen LogP contribution in [0.1, 0.15) is 36.0 Å². The number of carboxylic acids is 1. The SMILES string of the molecule is Cc1cccc(C)c1CS(=O)(=O)N1C2CCC1C(C(=O)O)C2. The van der Waals surface area contributed by atoms with E-state index in [1.165, 1.54) is 4.31 Å². The molecule has 0 spiro atoms. The van der Waals surface area contributed by atoms with Gasteiger partial charge in [0.15, 0.2) is 0 Å². The highest BCUT2D eigenvalue weighted by Crippen LogP contribution is 2.44. The summed E-state index contributed by atoms with van der Waals surface area (Å²) in [7, 11) is -3.49. The molecule has 2 aliphatic heterocycles. The highest BCUT2D eigenvalue weighted by Gasteiger charge is 2.53. The van der Waals surface area contributed by atoms with E-state index in [2.05, 4.69) is 0 Å². The first kappa shape index (κ1) is 15.5. The van der Waals surface area contributed by atoms with Gasteiger partial charge in [-0.3, -0.25) is 4.79 Å². The van der Waals surface area contributed by atoms with Crippen molar-refractivity contribution in [3.63, 3.8) is 0 Å². The molecule has 1 aromatic rings. The molecule has 2 heterocycles. The minimum Gasteiger partial charge on any atom is -0.481 e. The molecular formula is C16H21NO4S. The van der Waals surface area contributed by atoms with Crippen molar-refractivity contribution in [2.24, 2.45) is 5.92 Å². The average Bonchev–Trinajstić information content (AvgIpc) is 3.01. The van der Waals surface area contributed by atoms with Gasteiger partial charge in [0.25, 0.3) is 0 Å². The fourth-order valence-electron chi connectivity index (χ4n) is 3.97. The zero-order valence-corrected chi connectivity index (χ0v) is 13.6. The molecule has 0 radical (unpaired) electrons. The first-order chi connectivity index (χ1) is 10.3. The third kappa shape index (κ3) is 2.44. The molecule has 0 amide bonds. The number of carbonyl (C=O) groups is 1. The van der Waals surface area contributed by atoms with Crippen LogP contribution in [0, 0.1) is 19.8 Å². The molecule has 0 aromatic heterocycles. The van der Waals surface area contributed by atoms with Gasteiger partial charge in [-0.1, -0.05) is 18.2 Å². The number of benzene rings is 1. The van der Waals surface area contributed by atoms with Gasteiger partial charge in [-0.15, -0.1) is 0 Å². The summed E-state index contributed by atoms with van der Waals surface area (Å²) in [6, 6.07) is 5.24. The summed E-state index contributed by atoms with van der Waals surface area (Å²) in [5.74, 6) is -1.46. The van der Waals surface area contributed by atoms with E-state index in [4.69, 9.17) is 0 Å². The minimum atomic E-state index is -3.49. The van der Waals surface area contributed by atoms with E-state index in [0.29, 0.717) is 12.8 Å². The summed E-state index contributed by atoms with van der Waals surface area (Å²) in [6.45, 7) is 3.83. The molecule has 3 unspecified atom stereocenters. The molecule has 2 bridgehead atoms. The Morgan fingerprint density at radius 2 is 1.91 bits per heavy atom. The number of carboxylic acid groups (broad SMARTS) is 1. The van der Waals surface area contributed by atoms with Crippen LogP contribution >= 0.6 is 0 Å². The Hall–Kier alpha value is -1.40. The van der Waals surface area contributed by atoms with E-state index in [1.807, 2.05) is 32.0 Å². The maximum absolute atomic E-state index is 12.9. The number of aliphatic carboxylic acids is 1. The summed E-state index contributed by atoms with van der Waals surface area (Å²) in [5.41, 5.74) is 2.76. The van der Waals surface area contributed by atoms with Gasteiger partial charge in [0, 0.05) is 12.1 Å². The van der Waals surface area contributed by atoms with Gasteiger partial charge in [0.05, 0.1) is 11.7 Å². The number of hydrogen-bond acceptors (Lipinski definition) is 3. The third-order valence-electron chi connectivity index (χ3n) is 5.08. The molecule has 3 rings (SSSR count). The number of aryl methyl sites for hydroxylation is 2. The predicted molar refractivity (Wildman–Crippen MR) is 82.9 cm³/mol. The Bertz CT molecular complexity index is 693. The average molecular weight is 323 g/mol. The Balaban J connectivity index is 1.90. The van der Waals surface area contributed by atoms with Crippen molar-refractivity contribution in [1.29, 1.82) is 0 Å². The van der Waals surface area contributed by atoms with E-state index in [1.54, 1.807) is 0 Å². The molecular weight excluding hydrogens is 302 g/mol. The molecule has 3 atom stereocenters. The molecule has 1 N–H and O–H groups in total. The summed E-state index contributed by atoms with van der Waals surface area (Å²) in [4.78, 5) is 11.3. The smallest absolute Gasteiger partial charge is 0.308 e. The van der Waals surface area contributed by atoms with Gasteiger partial charge in [-0.25, -0.2) is 8.42 Å². The Morgan fingerprint density at radius 1 is 1.27 bits per heavy atom. The lowest BCUT2D eigenvalue weighted by molar-refractivity contribution is -0.142. The number of rotatable bonds is 4. The molecule has 0 saturated carbocycles. The molecule has 22 heavy (non-hydrogen) atoms. The molecule has 6 heteroatoms. The fourth-order valence-corrected chi connectivity index (χ4v) is 6.25. The second-order valence-electron chi connectivity index (χ2n) is 6.44. The van der Waals surface area contributed by atoms with Crippen LogP contribution < -0.4 is 0 Å². The standard InChI is InChI=1S/C16H21NO4S/c1-10-4-3-5-11(2)14(10)9-22(20,21)17-12-6-7-15(17)13(8-12)16(18)19/h3-5,12-13,15H,6-9H2,1-2H3,(H,18,19). The molecule has 2 fully saturated rings. The van der Waals surface area contributed by atoms with Crippen LogP contribution in [0.2, 0.25) is 0 Å². The third-order valence-corrected chi connectivity index (χ3v) is 6.95. The summed E-state index contributed by atoms with van der Waals surface area (Å²) >= 11 is 0. The number of hydrogen-bond donors (Lipinski definition) is 1. The van der Waals surface area contributed by atoms with Gasteiger partial charge in [-0.05, 0) is 49.8 Å². The lowest BCUT2D eigenvalue weighted by Crippen LogP contribution is -2.38. The van der Waals surface area contributed by atoms with E-state index in [9.17, 15) is 18.3 Å². The molecule has 0 aliphatic carbocycles. The maximum Gasteiger partial charge on any atom is 0.308 e. The van der Waals surface area contributed by atoms with Crippen molar-refractivity contribution in [3.05, 3.63) is 34.9 Å². The van der Waals surface area contributed by atoms with Crippen molar-refractivity contribution in [1.82, 2.24) is 4.31 Å². The van der Waals surface area contributed by atoms with Gasteiger partial charge in [0.1, 0.15) is 0 Å². The van der Waals surface area contributed by atoms with Crippen LogP contribution in [0.3, 0.4) is 0 Å². The van der Waals surface area contributed by atoms with Crippen molar-refractivity contribution in [3.8, 4) is 0 Å². The number of sulfonamides is 1. The van der Waals surface area contributed by atoms with Crippen LogP contribution in [-0.2, 0) is 20.6 Å². The highest BCUT2D eigenvalue weighted by atomic mass is 32.2. The van der Waals surface area contributed by atoms with Crippen LogP contribution in [0.15, 0.2) is 18.2 Å². The largest absolute Gasteiger partial charge is 0.481 e. The van der Waals surface area contributed by atoms with Crippen LogP contribution in [-0.4, -0.2) is 35.9 Å². The first-order valence-electron chi connectivity index (χ1n) is 7.60. The van der Waals surface area contributed by atoms with Crippen molar-refractivity contribution in [2.75, 3.05) is 0 Å². The van der Waals surface area contributed by atoms with Gasteiger partial charge in [-0.2, -0.15) is 4.31 Å². The lowest BCUT2D eigenvalue weighted by atomic mass is 9.89. The Labute approximate surface area is 131 Å². The Kier molecular flexibility index (Phi) is 3.77. The van der Waals surface area contributed by atoms with Crippen molar-refractivity contribution >= 4 is 16.0 Å². The monoisotopic (exact) mass is 323 g/mol. The molecule has 5 nitrogen and oxygen atoms in total. The van der Waals surface area contributed by atoms with Crippen LogP contribution in [0.25, 0.3) is 0 Å². The Morgan fingerprint density at radius 3 is 2.45 bits per heavy atom. The summed E-state index contributed by atoms with van der Waals surface area (Å²) in [6.07, 6.45) is 1.89. The highest BCUT2D eigenvalue weighted by molar-refractivity contribution is 7.88. The lowest BCUT2D eigenvalue weighted by Gasteiger charge is -2.23. The van der Waals surface area contributed by atoms with E-state index < -0.39 is 21.9 Å². The number of fused-ring (bicyclic) bond motifs is 2. The zero-order chi connectivity index (χ0) is 16.1. The predicted octanol–water partition coefficient (Wildman–Crippen LogP) is 2.07. The fraction of sp³-hybridized carbons (Fsp3) is 0.562. The van der Waals surface area contributed by atoms with Gasteiger partial charge < -0.3 is 5.11 Å². The zero-order valence-electron chi connectivity index (χ0n) is 12.8. The minimum absolute atomic E-state index is 0.0369. The second kappa shape index (κ2) is 5.35. The molecule has 2 saturated heterocycles. The van der Waals surface area contributed by atoms with E-state index in [0.717, 1.165) is 23.1 Å². The van der Waals surface area contributed by atoms with Crippen molar-refractivity contribution in [2.45, 2.75) is 50.9 Å². The normalized spacial score (nSPS) is 28.2. The van der Waals surface area contributed by atoms with Crippen LogP contribution in [0.4, 0.5) is 0 Å². The van der Waals surface area contributed by atoms with Crippen LogP contribution in [0.5, 0.6) is 0 Å².